The first-order chi connectivity index (χ1) is 12.4. The predicted octanol–water partition coefficient (Wildman–Crippen LogP) is 3.41. The number of rotatable bonds is 4. The molecule has 0 bridgehead atoms. The summed E-state index contributed by atoms with van der Waals surface area (Å²) < 4.78 is 1.74. The van der Waals surface area contributed by atoms with Crippen LogP contribution >= 0.6 is 11.8 Å². The molecular weight excluding hydrogens is 346 g/mol. The number of carbonyl (C=O) groups excluding carboxylic acids is 1. The predicted molar refractivity (Wildman–Crippen MR) is 106 cm³/mol. The van der Waals surface area contributed by atoms with Crippen molar-refractivity contribution in [3.8, 4) is 0 Å². The fourth-order valence-corrected chi connectivity index (χ4v) is 5.49. The second-order valence-corrected chi connectivity index (χ2v) is 8.85. The van der Waals surface area contributed by atoms with Crippen LogP contribution in [0.4, 0.5) is 0 Å². The van der Waals surface area contributed by atoms with Gasteiger partial charge in [-0.25, -0.2) is 4.98 Å². The lowest BCUT2D eigenvalue weighted by Crippen LogP contribution is -2.50. The van der Waals surface area contributed by atoms with E-state index in [1.807, 2.05) is 13.8 Å². The number of hydrogen-bond acceptors (Lipinski definition) is 4. The normalized spacial score (nSPS) is 20.9. The number of thioether (sulfide) groups is 1. The molecule has 2 heterocycles. The van der Waals surface area contributed by atoms with E-state index < -0.39 is 0 Å². The Balaban J connectivity index is 1.84. The molecule has 144 valence electrons. The van der Waals surface area contributed by atoms with Crippen LogP contribution in [0.2, 0.25) is 0 Å². The average molecular weight is 378 g/mol. The molecule has 0 aromatic carbocycles. The highest BCUT2D eigenvalue weighted by molar-refractivity contribution is 7.99. The minimum Gasteiger partial charge on any atom is -0.337 e. The van der Waals surface area contributed by atoms with Crippen LogP contribution in [0.1, 0.15) is 64.1 Å². The van der Waals surface area contributed by atoms with Gasteiger partial charge in [0.05, 0.1) is 5.92 Å². The lowest BCUT2D eigenvalue weighted by atomic mass is 9.92. The average Bonchev–Trinajstić information content (AvgIpc) is 2.62. The Bertz CT molecular complexity index is 723. The van der Waals surface area contributed by atoms with Gasteiger partial charge in [-0.1, -0.05) is 37.9 Å². The molecule has 1 aliphatic carbocycles. The molecule has 6 heteroatoms. The van der Waals surface area contributed by atoms with Gasteiger partial charge < -0.3 is 4.90 Å². The molecular formula is C20H31N3O2S. The standard InChI is InChI=1S/C20H31N3O2S/c1-5-17-14(4)21-20-22(19(17)25)11-15(12-26-20)18(24)23(13(2)3)16-9-7-6-8-10-16/h13,15-16H,5-12H2,1-4H3. The van der Waals surface area contributed by atoms with Crippen LogP contribution in [0.5, 0.6) is 0 Å². The summed E-state index contributed by atoms with van der Waals surface area (Å²) in [7, 11) is 0. The molecule has 1 unspecified atom stereocenters. The first-order valence-electron chi connectivity index (χ1n) is 9.99. The summed E-state index contributed by atoms with van der Waals surface area (Å²) in [4.78, 5) is 32.9. The highest BCUT2D eigenvalue weighted by Crippen LogP contribution is 2.30. The number of carbonyl (C=O) groups is 1. The van der Waals surface area contributed by atoms with Crippen molar-refractivity contribution >= 4 is 17.7 Å². The molecule has 0 spiro atoms. The van der Waals surface area contributed by atoms with Crippen molar-refractivity contribution in [1.29, 1.82) is 0 Å². The molecule has 26 heavy (non-hydrogen) atoms. The molecule has 5 nitrogen and oxygen atoms in total. The SMILES string of the molecule is CCc1c(C)nc2n(c1=O)CC(C(=O)N(C(C)C)C1CCCCC1)CS2. The van der Waals surface area contributed by atoms with Gasteiger partial charge >= 0.3 is 0 Å². The van der Waals surface area contributed by atoms with Gasteiger partial charge in [0.15, 0.2) is 5.16 Å². The van der Waals surface area contributed by atoms with E-state index in [4.69, 9.17) is 0 Å². The van der Waals surface area contributed by atoms with Crippen molar-refractivity contribution in [2.24, 2.45) is 5.92 Å². The Labute approximate surface area is 160 Å². The Morgan fingerprint density at radius 1 is 1.31 bits per heavy atom. The van der Waals surface area contributed by atoms with Gasteiger partial charge in [0, 0.05) is 35.6 Å². The maximum atomic E-state index is 13.4. The van der Waals surface area contributed by atoms with Gasteiger partial charge in [-0.15, -0.1) is 0 Å². The van der Waals surface area contributed by atoms with Gasteiger partial charge in [0.1, 0.15) is 0 Å². The Morgan fingerprint density at radius 3 is 2.62 bits per heavy atom. The topological polar surface area (TPSA) is 55.2 Å². The quantitative estimate of drug-likeness (QED) is 0.755. The van der Waals surface area contributed by atoms with E-state index in [1.165, 1.54) is 19.3 Å². The summed E-state index contributed by atoms with van der Waals surface area (Å²) in [5, 5.41) is 0.766. The number of fused-ring (bicyclic) bond motifs is 1. The number of nitrogens with zero attached hydrogens (tertiary/aromatic N) is 3. The summed E-state index contributed by atoms with van der Waals surface area (Å²) in [6.45, 7) is 8.59. The number of aryl methyl sites for hydroxylation is 1. The largest absolute Gasteiger partial charge is 0.337 e. The van der Waals surface area contributed by atoms with Crippen LogP contribution in [0.25, 0.3) is 0 Å². The van der Waals surface area contributed by atoms with Crippen LogP contribution < -0.4 is 5.56 Å². The first kappa shape index (κ1) is 19.5. The third kappa shape index (κ3) is 3.71. The van der Waals surface area contributed by atoms with Crippen molar-refractivity contribution in [2.45, 2.75) is 90.0 Å². The second kappa shape index (κ2) is 8.15. The monoisotopic (exact) mass is 377 g/mol. The van der Waals surface area contributed by atoms with Crippen molar-refractivity contribution in [3.63, 3.8) is 0 Å². The third-order valence-electron chi connectivity index (χ3n) is 5.73. The molecule has 2 aliphatic rings. The van der Waals surface area contributed by atoms with E-state index in [2.05, 4.69) is 23.7 Å². The molecule has 1 aliphatic heterocycles. The molecule has 0 radical (unpaired) electrons. The number of amides is 1. The molecule has 1 aromatic heterocycles. The zero-order valence-corrected chi connectivity index (χ0v) is 17.3. The zero-order chi connectivity index (χ0) is 18.8. The summed E-state index contributed by atoms with van der Waals surface area (Å²) >= 11 is 1.55. The Hall–Kier alpha value is -1.30. The Morgan fingerprint density at radius 2 is 2.00 bits per heavy atom. The maximum Gasteiger partial charge on any atom is 0.257 e. The molecule has 1 aromatic rings. The van der Waals surface area contributed by atoms with Crippen LogP contribution in [0.15, 0.2) is 9.95 Å². The summed E-state index contributed by atoms with van der Waals surface area (Å²) in [6.07, 6.45) is 6.62. The molecule has 0 saturated heterocycles. The minimum absolute atomic E-state index is 0.0359. The smallest absolute Gasteiger partial charge is 0.257 e. The highest BCUT2D eigenvalue weighted by Gasteiger charge is 2.35. The fourth-order valence-electron chi connectivity index (χ4n) is 4.38. The van der Waals surface area contributed by atoms with Crippen LogP contribution in [0, 0.1) is 12.8 Å². The van der Waals surface area contributed by atoms with E-state index in [0.717, 1.165) is 29.3 Å². The molecule has 1 atom stereocenters. The molecule has 1 saturated carbocycles. The molecule has 1 amide bonds. The molecule has 0 N–H and O–H groups in total. The van der Waals surface area contributed by atoms with Crippen molar-refractivity contribution in [1.82, 2.24) is 14.5 Å². The first-order valence-corrected chi connectivity index (χ1v) is 11.0. The van der Waals surface area contributed by atoms with Gasteiger partial charge in [-0.3, -0.25) is 14.2 Å². The maximum absolute atomic E-state index is 13.4. The fraction of sp³-hybridized carbons (Fsp3) is 0.750. The van der Waals surface area contributed by atoms with Crippen molar-refractivity contribution < 1.29 is 4.79 Å². The Kier molecular flexibility index (Phi) is 6.10. The van der Waals surface area contributed by atoms with Gasteiger partial charge in [0.25, 0.3) is 5.56 Å². The van der Waals surface area contributed by atoms with Gasteiger partial charge in [-0.2, -0.15) is 0 Å². The number of hydrogen-bond donors (Lipinski definition) is 0. The second-order valence-electron chi connectivity index (χ2n) is 7.87. The van der Waals surface area contributed by atoms with Crippen LogP contribution in [-0.2, 0) is 17.8 Å². The van der Waals surface area contributed by atoms with E-state index in [-0.39, 0.29) is 23.4 Å². The van der Waals surface area contributed by atoms with Crippen molar-refractivity contribution in [2.75, 3.05) is 5.75 Å². The van der Waals surface area contributed by atoms with E-state index in [9.17, 15) is 9.59 Å². The third-order valence-corrected chi connectivity index (χ3v) is 6.87. The van der Waals surface area contributed by atoms with E-state index in [0.29, 0.717) is 24.8 Å². The van der Waals surface area contributed by atoms with Crippen LogP contribution in [-0.4, -0.2) is 38.2 Å². The molecule has 3 rings (SSSR count). The van der Waals surface area contributed by atoms with E-state index >= 15 is 0 Å². The molecule has 1 fully saturated rings. The summed E-state index contributed by atoms with van der Waals surface area (Å²) in [5.41, 5.74) is 1.64. The number of aromatic nitrogens is 2. The highest BCUT2D eigenvalue weighted by atomic mass is 32.2. The van der Waals surface area contributed by atoms with Crippen molar-refractivity contribution in [3.05, 3.63) is 21.6 Å². The minimum atomic E-state index is -0.135. The lowest BCUT2D eigenvalue weighted by molar-refractivity contribution is -0.140. The van der Waals surface area contributed by atoms with E-state index in [1.54, 1.807) is 16.3 Å². The van der Waals surface area contributed by atoms with Gasteiger partial charge in [0.2, 0.25) is 5.91 Å². The van der Waals surface area contributed by atoms with Crippen LogP contribution in [0.3, 0.4) is 0 Å². The lowest BCUT2D eigenvalue weighted by Gasteiger charge is -2.40. The summed E-state index contributed by atoms with van der Waals surface area (Å²) in [5.74, 6) is 0.797. The summed E-state index contributed by atoms with van der Waals surface area (Å²) in [6, 6.07) is 0.567. The zero-order valence-electron chi connectivity index (χ0n) is 16.5. The van der Waals surface area contributed by atoms with Gasteiger partial charge in [-0.05, 0) is 40.0 Å².